The molecule has 2 fully saturated rings. The summed E-state index contributed by atoms with van der Waals surface area (Å²) in [6.07, 6.45) is 6.44. The molecule has 0 spiro atoms. The molecule has 0 bridgehead atoms. The first-order valence-electron chi connectivity index (χ1n) is 14.1. The number of likely N-dealkylation sites (tertiary alicyclic amines) is 1. The molecule has 0 aromatic heterocycles. The van der Waals surface area contributed by atoms with Gasteiger partial charge in [0.1, 0.15) is 5.75 Å². The fraction of sp³-hybridized carbons (Fsp3) is 0.353. The van der Waals surface area contributed by atoms with Crippen LogP contribution in [-0.4, -0.2) is 41.6 Å². The predicted molar refractivity (Wildman–Crippen MR) is 154 cm³/mol. The normalized spacial score (nSPS) is 25.0. The van der Waals surface area contributed by atoms with Crippen LogP contribution in [0, 0.1) is 17.8 Å². The van der Waals surface area contributed by atoms with Gasteiger partial charge in [-0.15, -0.1) is 0 Å². The number of allylic oxidation sites excluding steroid dienone is 2. The van der Waals surface area contributed by atoms with Gasteiger partial charge in [0, 0.05) is 18.4 Å². The number of carbonyl (C=O) groups excluding carboxylic acids is 2. The van der Waals surface area contributed by atoms with E-state index in [1.165, 1.54) is 21.6 Å². The van der Waals surface area contributed by atoms with Gasteiger partial charge in [0.15, 0.2) is 0 Å². The van der Waals surface area contributed by atoms with E-state index in [9.17, 15) is 14.7 Å². The third kappa shape index (κ3) is 4.49. The summed E-state index contributed by atoms with van der Waals surface area (Å²) in [7, 11) is 1.62. The van der Waals surface area contributed by atoms with Crippen LogP contribution in [0.5, 0.6) is 5.75 Å². The van der Waals surface area contributed by atoms with E-state index in [2.05, 4.69) is 37.3 Å². The van der Waals surface area contributed by atoms with Crippen LogP contribution in [0.1, 0.15) is 50.2 Å². The Morgan fingerprint density at radius 3 is 2.49 bits per heavy atom. The molecule has 2 saturated heterocycles. The average Bonchev–Trinajstić information content (AvgIpc) is 3.48. The molecule has 4 atom stereocenters. The lowest BCUT2D eigenvalue weighted by molar-refractivity contribution is -0.138. The van der Waals surface area contributed by atoms with Gasteiger partial charge in [0.05, 0.1) is 24.5 Å². The molecule has 3 aromatic carbocycles. The second-order valence-corrected chi connectivity index (χ2v) is 11.1. The van der Waals surface area contributed by atoms with Crippen molar-refractivity contribution in [1.29, 1.82) is 0 Å². The second-order valence-electron chi connectivity index (χ2n) is 11.1. The topological polar surface area (TPSA) is 66.8 Å². The summed E-state index contributed by atoms with van der Waals surface area (Å²) in [5.74, 6) is -0.306. The van der Waals surface area contributed by atoms with E-state index in [1.807, 2.05) is 36.4 Å². The molecule has 39 heavy (non-hydrogen) atoms. The first-order valence-corrected chi connectivity index (χ1v) is 14.1. The van der Waals surface area contributed by atoms with Gasteiger partial charge in [0.2, 0.25) is 11.8 Å². The Kier molecular flexibility index (Phi) is 6.86. The van der Waals surface area contributed by atoms with E-state index in [4.69, 9.17) is 4.74 Å². The van der Waals surface area contributed by atoms with Gasteiger partial charge >= 0.3 is 0 Å². The fourth-order valence-electron chi connectivity index (χ4n) is 7.03. The molecule has 2 amide bonds. The number of aromatic hydroxyl groups is 1. The highest BCUT2D eigenvalue weighted by atomic mass is 16.5. The molecule has 3 aliphatic rings. The molecular formula is C34H35NO4. The smallest absolute Gasteiger partial charge is 0.233 e. The van der Waals surface area contributed by atoms with Crippen LogP contribution in [0.25, 0.3) is 22.4 Å². The molecule has 0 saturated carbocycles. The number of benzene rings is 3. The van der Waals surface area contributed by atoms with Crippen LogP contribution in [0.4, 0.5) is 0 Å². The molecule has 2 aliphatic heterocycles. The van der Waals surface area contributed by atoms with Gasteiger partial charge in [-0.25, -0.2) is 0 Å². The van der Waals surface area contributed by atoms with E-state index in [0.717, 1.165) is 47.6 Å². The lowest BCUT2D eigenvalue weighted by Crippen LogP contribution is -2.34. The molecule has 1 N–H and O–H groups in total. The largest absolute Gasteiger partial charge is 0.507 e. The summed E-state index contributed by atoms with van der Waals surface area (Å²) < 4.78 is 6.43. The monoisotopic (exact) mass is 521 g/mol. The number of rotatable bonds is 7. The SMILES string of the molecule is CCCC1=C2[C@@H](CC/C(=C/c3ccc(O)c4ccccc34)c3ccccc3)OC[C@@H]2[C@@H]2C(=O)N(C)C(=O)[C@@H]2C1. The number of fused-ring (bicyclic) bond motifs is 4. The average molecular weight is 522 g/mol. The molecule has 6 rings (SSSR count). The molecule has 0 unspecified atom stereocenters. The Bertz CT molecular complexity index is 1490. The lowest BCUT2D eigenvalue weighted by Gasteiger charge is -2.32. The third-order valence-corrected chi connectivity index (χ3v) is 8.87. The van der Waals surface area contributed by atoms with Crippen LogP contribution in [-0.2, 0) is 14.3 Å². The number of amides is 2. The van der Waals surface area contributed by atoms with Gasteiger partial charge in [-0.1, -0.05) is 85.7 Å². The van der Waals surface area contributed by atoms with Crippen molar-refractivity contribution >= 4 is 34.2 Å². The van der Waals surface area contributed by atoms with Gasteiger partial charge in [-0.3, -0.25) is 14.5 Å². The Hall–Kier alpha value is -3.70. The molecule has 3 aromatic rings. The number of hydrogen-bond donors (Lipinski definition) is 1. The summed E-state index contributed by atoms with van der Waals surface area (Å²) in [5, 5.41) is 12.3. The molecule has 5 heteroatoms. The van der Waals surface area contributed by atoms with Crippen LogP contribution in [0.3, 0.4) is 0 Å². The first kappa shape index (κ1) is 25.6. The number of phenolic OH excluding ortho intramolecular Hbond substituents is 1. The highest BCUT2D eigenvalue weighted by Crippen LogP contribution is 2.50. The Balaban J connectivity index is 1.33. The van der Waals surface area contributed by atoms with Crippen molar-refractivity contribution in [3.63, 3.8) is 0 Å². The maximum absolute atomic E-state index is 13.0. The zero-order valence-electron chi connectivity index (χ0n) is 22.6. The van der Waals surface area contributed by atoms with Crippen LogP contribution in [0.2, 0.25) is 0 Å². The minimum Gasteiger partial charge on any atom is -0.507 e. The Morgan fingerprint density at radius 1 is 0.974 bits per heavy atom. The van der Waals surface area contributed by atoms with Crippen LogP contribution >= 0.6 is 0 Å². The highest BCUT2D eigenvalue weighted by Gasteiger charge is 2.55. The van der Waals surface area contributed by atoms with Gasteiger partial charge < -0.3 is 9.84 Å². The number of carbonyl (C=O) groups is 2. The Morgan fingerprint density at radius 2 is 1.72 bits per heavy atom. The van der Waals surface area contributed by atoms with E-state index in [1.54, 1.807) is 13.1 Å². The maximum Gasteiger partial charge on any atom is 0.233 e. The molecule has 5 nitrogen and oxygen atoms in total. The minimum atomic E-state index is -0.282. The lowest BCUT2D eigenvalue weighted by atomic mass is 9.68. The third-order valence-electron chi connectivity index (χ3n) is 8.87. The van der Waals surface area contributed by atoms with Crippen molar-refractivity contribution in [3.8, 4) is 5.75 Å². The molecule has 2 heterocycles. The molecule has 0 radical (unpaired) electrons. The summed E-state index contributed by atoms with van der Waals surface area (Å²) >= 11 is 0. The van der Waals surface area contributed by atoms with Crippen LogP contribution in [0.15, 0.2) is 77.9 Å². The minimum absolute atomic E-state index is 0.00176. The summed E-state index contributed by atoms with van der Waals surface area (Å²) in [5.41, 5.74) is 6.05. The number of imide groups is 1. The number of ether oxygens (including phenoxy) is 1. The summed E-state index contributed by atoms with van der Waals surface area (Å²) in [4.78, 5) is 27.2. The quantitative estimate of drug-likeness (QED) is 0.216. The zero-order valence-corrected chi connectivity index (χ0v) is 22.6. The van der Waals surface area contributed by atoms with Crippen molar-refractivity contribution in [3.05, 3.63) is 89.0 Å². The van der Waals surface area contributed by atoms with Crippen molar-refractivity contribution < 1.29 is 19.4 Å². The number of hydrogen-bond acceptors (Lipinski definition) is 4. The second kappa shape index (κ2) is 10.5. The number of nitrogens with zero attached hydrogens (tertiary/aromatic N) is 1. The van der Waals surface area contributed by atoms with Gasteiger partial charge in [-0.05, 0) is 59.4 Å². The van der Waals surface area contributed by atoms with Crippen LogP contribution < -0.4 is 0 Å². The van der Waals surface area contributed by atoms with Crippen molar-refractivity contribution in [2.75, 3.05) is 13.7 Å². The van der Waals surface area contributed by atoms with Gasteiger partial charge in [-0.2, -0.15) is 0 Å². The molecular weight excluding hydrogens is 486 g/mol. The van der Waals surface area contributed by atoms with Crippen molar-refractivity contribution in [2.24, 2.45) is 17.8 Å². The maximum atomic E-state index is 13.0. The predicted octanol–water partition coefficient (Wildman–Crippen LogP) is 6.61. The van der Waals surface area contributed by atoms with Gasteiger partial charge in [0.25, 0.3) is 0 Å². The van der Waals surface area contributed by atoms with E-state index in [-0.39, 0.29) is 41.4 Å². The highest BCUT2D eigenvalue weighted by molar-refractivity contribution is 6.05. The summed E-state index contributed by atoms with van der Waals surface area (Å²) in [6.45, 7) is 2.68. The fourth-order valence-corrected chi connectivity index (χ4v) is 7.03. The van der Waals surface area contributed by atoms with Crippen molar-refractivity contribution in [2.45, 2.75) is 45.1 Å². The van der Waals surface area contributed by atoms with E-state index >= 15 is 0 Å². The molecule has 200 valence electrons. The molecule has 1 aliphatic carbocycles. The first-order chi connectivity index (χ1) is 19.0. The Labute approximate surface area is 229 Å². The van der Waals surface area contributed by atoms with E-state index < -0.39 is 0 Å². The number of phenols is 1. The van der Waals surface area contributed by atoms with Crippen molar-refractivity contribution in [1.82, 2.24) is 4.90 Å². The standard InChI is InChI=1S/C34H35NO4/c1-3-9-24-19-27-32(34(38)35(2)33(27)37)28-20-39-30(31(24)28)17-15-22(21-10-5-4-6-11-21)18-23-14-16-29(36)26-13-8-7-12-25(23)26/h4-8,10-14,16,18,27-28,30,32,36H,3,9,15,17,19-20H2,1-2H3/b22-18-/t27-,28+,30-,32-/m1/s1. The zero-order chi connectivity index (χ0) is 27.1. The van der Waals surface area contributed by atoms with E-state index in [0.29, 0.717) is 13.0 Å². The summed E-state index contributed by atoms with van der Waals surface area (Å²) in [6, 6.07) is 22.1.